The monoisotopic (exact) mass is 409 g/mol. The zero-order valence-corrected chi connectivity index (χ0v) is 17.8. The van der Waals surface area contributed by atoms with Crippen molar-refractivity contribution in [1.82, 2.24) is 9.80 Å². The van der Waals surface area contributed by atoms with Crippen molar-refractivity contribution in [2.75, 3.05) is 44.7 Å². The quantitative estimate of drug-likeness (QED) is 0.694. The predicted octanol–water partition coefficient (Wildman–Crippen LogP) is 3.90. The lowest BCUT2D eigenvalue weighted by Crippen LogP contribution is -2.50. The maximum absolute atomic E-state index is 13.3. The van der Waals surface area contributed by atoms with Crippen molar-refractivity contribution in [3.8, 4) is 5.75 Å². The lowest BCUT2D eigenvalue weighted by Gasteiger charge is -2.37. The molecule has 1 aromatic carbocycles. The minimum Gasteiger partial charge on any atom is -0.495 e. The first-order valence-electron chi connectivity index (χ1n) is 10.9. The summed E-state index contributed by atoms with van der Waals surface area (Å²) >= 11 is 0. The van der Waals surface area contributed by atoms with Gasteiger partial charge in [-0.05, 0) is 49.9 Å². The number of piperazine rings is 1. The van der Waals surface area contributed by atoms with Gasteiger partial charge in [0.05, 0.1) is 32.1 Å². The van der Waals surface area contributed by atoms with E-state index >= 15 is 0 Å². The number of hydrogen-bond acceptors (Lipinski definition) is 5. The van der Waals surface area contributed by atoms with Crippen LogP contribution >= 0.6 is 0 Å². The molecule has 2 aromatic rings. The van der Waals surface area contributed by atoms with Gasteiger partial charge in [-0.15, -0.1) is 0 Å². The lowest BCUT2D eigenvalue weighted by molar-refractivity contribution is -0.131. The molecule has 2 aliphatic rings. The van der Waals surface area contributed by atoms with Crippen LogP contribution in [0.2, 0.25) is 0 Å². The van der Waals surface area contributed by atoms with Crippen LogP contribution in [-0.4, -0.2) is 55.5 Å². The molecule has 1 aliphatic carbocycles. The van der Waals surface area contributed by atoms with E-state index in [-0.39, 0.29) is 5.91 Å². The summed E-state index contributed by atoms with van der Waals surface area (Å²) in [5.41, 5.74) is 2.27. The highest BCUT2D eigenvalue weighted by Gasteiger charge is 2.25. The molecule has 1 amide bonds. The summed E-state index contributed by atoms with van der Waals surface area (Å²) in [7, 11) is 1.71. The number of nitrogens with zero attached hydrogens (tertiary/aromatic N) is 3. The topological polar surface area (TPSA) is 49.2 Å². The van der Waals surface area contributed by atoms with Gasteiger partial charge in [-0.3, -0.25) is 9.69 Å². The average Bonchev–Trinajstić information content (AvgIpc) is 3.32. The number of rotatable bonds is 7. The third-order valence-electron chi connectivity index (χ3n) is 5.97. The average molecular weight is 410 g/mol. The van der Waals surface area contributed by atoms with E-state index in [0.717, 1.165) is 68.3 Å². The van der Waals surface area contributed by atoms with Crippen molar-refractivity contribution in [1.29, 1.82) is 0 Å². The summed E-state index contributed by atoms with van der Waals surface area (Å²) in [4.78, 5) is 19.8. The number of furan rings is 1. The van der Waals surface area contributed by atoms with Crippen molar-refractivity contribution in [2.24, 2.45) is 0 Å². The summed E-state index contributed by atoms with van der Waals surface area (Å²) < 4.78 is 11.0. The Morgan fingerprint density at radius 1 is 1.10 bits per heavy atom. The third kappa shape index (κ3) is 4.87. The van der Waals surface area contributed by atoms with Gasteiger partial charge >= 0.3 is 0 Å². The van der Waals surface area contributed by atoms with Gasteiger partial charge in [0.15, 0.2) is 0 Å². The van der Waals surface area contributed by atoms with Crippen LogP contribution in [0.4, 0.5) is 5.69 Å². The van der Waals surface area contributed by atoms with E-state index in [9.17, 15) is 4.79 Å². The van der Waals surface area contributed by atoms with E-state index in [0.29, 0.717) is 13.1 Å². The first-order valence-corrected chi connectivity index (χ1v) is 10.9. The van der Waals surface area contributed by atoms with Gasteiger partial charge < -0.3 is 19.0 Å². The number of allylic oxidation sites excluding steroid dienone is 2. The van der Waals surface area contributed by atoms with Crippen LogP contribution < -0.4 is 9.64 Å². The van der Waals surface area contributed by atoms with E-state index in [4.69, 9.17) is 9.15 Å². The van der Waals surface area contributed by atoms with E-state index < -0.39 is 0 Å². The molecule has 0 bridgehead atoms. The SMILES string of the molecule is COc1ccccc1N1CCN(CC(=O)N(Cc2ccco2)C2=CCCCC2)CC1. The first kappa shape index (κ1) is 20.5. The molecule has 0 atom stereocenters. The molecule has 1 aliphatic heterocycles. The van der Waals surface area contributed by atoms with Crippen LogP contribution in [-0.2, 0) is 11.3 Å². The van der Waals surface area contributed by atoms with Crippen LogP contribution in [0, 0.1) is 0 Å². The Hall–Kier alpha value is -2.73. The second-order valence-corrected chi connectivity index (χ2v) is 7.94. The minimum absolute atomic E-state index is 0.158. The van der Waals surface area contributed by atoms with Crippen molar-refractivity contribution in [2.45, 2.75) is 32.2 Å². The van der Waals surface area contributed by atoms with Crippen molar-refractivity contribution >= 4 is 11.6 Å². The number of carbonyl (C=O) groups is 1. The maximum Gasteiger partial charge on any atom is 0.241 e. The number of amides is 1. The molecule has 4 rings (SSSR count). The summed E-state index contributed by atoms with van der Waals surface area (Å²) in [6, 6.07) is 11.9. The van der Waals surface area contributed by atoms with Gasteiger partial charge in [0.25, 0.3) is 0 Å². The van der Waals surface area contributed by atoms with Gasteiger partial charge in [0.1, 0.15) is 11.5 Å². The summed E-state index contributed by atoms with van der Waals surface area (Å²) in [6.45, 7) is 4.44. The molecule has 0 saturated carbocycles. The second kappa shape index (κ2) is 9.85. The third-order valence-corrected chi connectivity index (χ3v) is 5.97. The Bertz CT molecular complexity index is 854. The van der Waals surface area contributed by atoms with Crippen molar-refractivity contribution in [3.63, 3.8) is 0 Å². The Balaban J connectivity index is 1.38. The van der Waals surface area contributed by atoms with E-state index in [1.807, 2.05) is 35.2 Å². The Labute approximate surface area is 178 Å². The van der Waals surface area contributed by atoms with Crippen LogP contribution in [0.1, 0.15) is 31.4 Å². The number of methoxy groups -OCH3 is 1. The minimum atomic E-state index is 0.158. The van der Waals surface area contributed by atoms with Gasteiger partial charge in [0, 0.05) is 31.9 Å². The molecule has 1 saturated heterocycles. The highest BCUT2D eigenvalue weighted by Crippen LogP contribution is 2.28. The molecule has 6 heteroatoms. The Morgan fingerprint density at radius 3 is 2.63 bits per heavy atom. The van der Waals surface area contributed by atoms with Crippen LogP contribution in [0.25, 0.3) is 0 Å². The van der Waals surface area contributed by atoms with E-state index in [1.54, 1.807) is 13.4 Å². The molecular formula is C24H31N3O3. The lowest BCUT2D eigenvalue weighted by atomic mass is 10.0. The molecule has 0 unspecified atom stereocenters. The normalized spacial score (nSPS) is 17.5. The first-order chi connectivity index (χ1) is 14.7. The second-order valence-electron chi connectivity index (χ2n) is 7.94. The molecular weight excluding hydrogens is 378 g/mol. The fourth-order valence-corrected chi connectivity index (χ4v) is 4.29. The molecule has 30 heavy (non-hydrogen) atoms. The molecule has 0 spiro atoms. The van der Waals surface area contributed by atoms with Crippen molar-refractivity contribution in [3.05, 3.63) is 60.2 Å². The molecule has 0 radical (unpaired) electrons. The fourth-order valence-electron chi connectivity index (χ4n) is 4.29. The number of benzene rings is 1. The molecule has 6 nitrogen and oxygen atoms in total. The zero-order valence-electron chi connectivity index (χ0n) is 17.8. The van der Waals surface area contributed by atoms with Crippen LogP contribution in [0.3, 0.4) is 0 Å². The van der Waals surface area contributed by atoms with Crippen LogP contribution in [0.5, 0.6) is 5.75 Å². The Morgan fingerprint density at radius 2 is 1.93 bits per heavy atom. The Kier molecular flexibility index (Phi) is 6.74. The van der Waals surface area contributed by atoms with E-state index in [1.165, 1.54) is 6.42 Å². The predicted molar refractivity (Wildman–Crippen MR) is 117 cm³/mol. The summed E-state index contributed by atoms with van der Waals surface area (Å²) in [5, 5.41) is 0. The molecule has 2 heterocycles. The number of anilines is 1. The zero-order chi connectivity index (χ0) is 20.8. The van der Waals surface area contributed by atoms with Crippen molar-refractivity contribution < 1.29 is 13.9 Å². The summed E-state index contributed by atoms with van der Waals surface area (Å²) in [6.07, 6.45) is 8.26. The number of hydrogen-bond donors (Lipinski definition) is 0. The van der Waals surface area contributed by atoms with Gasteiger partial charge in [0.2, 0.25) is 5.91 Å². The number of carbonyl (C=O) groups excluding carboxylic acids is 1. The summed E-state index contributed by atoms with van der Waals surface area (Å²) in [5.74, 6) is 1.89. The van der Waals surface area contributed by atoms with Gasteiger partial charge in [-0.1, -0.05) is 18.2 Å². The fraction of sp³-hybridized carbons (Fsp3) is 0.458. The molecule has 0 N–H and O–H groups in total. The molecule has 1 fully saturated rings. The highest BCUT2D eigenvalue weighted by molar-refractivity contribution is 5.80. The largest absolute Gasteiger partial charge is 0.495 e. The molecule has 160 valence electrons. The maximum atomic E-state index is 13.3. The molecule has 1 aromatic heterocycles. The number of ether oxygens (including phenoxy) is 1. The number of para-hydroxylation sites is 2. The van der Waals surface area contributed by atoms with Crippen LogP contribution in [0.15, 0.2) is 58.9 Å². The van der Waals surface area contributed by atoms with Gasteiger partial charge in [-0.25, -0.2) is 0 Å². The highest BCUT2D eigenvalue weighted by atomic mass is 16.5. The van der Waals surface area contributed by atoms with Gasteiger partial charge in [-0.2, -0.15) is 0 Å². The van der Waals surface area contributed by atoms with E-state index in [2.05, 4.69) is 21.9 Å². The smallest absolute Gasteiger partial charge is 0.241 e. The standard InChI is InChI=1S/C24H31N3O3/c1-29-23-12-6-5-11-22(23)26-15-13-25(14-16-26)19-24(28)27(18-21-10-7-17-30-21)20-8-3-2-4-9-20/h5-8,10-12,17H,2-4,9,13-16,18-19H2,1H3.